The molecule has 0 radical (unpaired) electrons. The lowest BCUT2D eigenvalue weighted by atomic mass is 9.85. The maximum atomic E-state index is 13.1. The Kier molecular flexibility index (Phi) is 7.62. The second-order valence-electron chi connectivity index (χ2n) is 9.16. The van der Waals surface area contributed by atoms with Gasteiger partial charge in [0.25, 0.3) is 0 Å². The van der Waals surface area contributed by atoms with Crippen LogP contribution in [0.1, 0.15) is 49.9 Å². The minimum absolute atomic E-state index is 0.0509. The van der Waals surface area contributed by atoms with E-state index in [0.717, 1.165) is 22.4 Å². The average molecular weight is 496 g/mol. The number of carbonyl (C=O) groups excluding carboxylic acids is 1. The predicted octanol–water partition coefficient (Wildman–Crippen LogP) is 4.91. The van der Waals surface area contributed by atoms with E-state index in [1.807, 2.05) is 26.0 Å². The van der Waals surface area contributed by atoms with Crippen molar-refractivity contribution in [2.24, 2.45) is 5.92 Å². The average Bonchev–Trinajstić information content (AvgIpc) is 2.84. The molecule has 3 aromatic rings. The fraction of sp³-hybridized carbons (Fsp3) is 0.333. The Hall–Kier alpha value is -3.10. The lowest BCUT2D eigenvalue weighted by Gasteiger charge is -2.29. The molecule has 0 aliphatic heterocycles. The molecule has 1 fully saturated rings. The molecule has 8 heteroatoms. The summed E-state index contributed by atoms with van der Waals surface area (Å²) < 4.78 is 41.8. The number of halogens is 1. The van der Waals surface area contributed by atoms with E-state index in [4.69, 9.17) is 0 Å². The van der Waals surface area contributed by atoms with Crippen molar-refractivity contribution in [3.8, 4) is 11.1 Å². The predicted molar refractivity (Wildman–Crippen MR) is 133 cm³/mol. The highest BCUT2D eigenvalue weighted by Crippen LogP contribution is 2.27. The maximum Gasteiger partial charge on any atom is 0.240 e. The van der Waals surface area contributed by atoms with Gasteiger partial charge in [-0.25, -0.2) is 17.5 Å². The van der Waals surface area contributed by atoms with Gasteiger partial charge >= 0.3 is 0 Å². The van der Waals surface area contributed by atoms with Crippen molar-refractivity contribution >= 4 is 15.9 Å². The molecule has 184 valence electrons. The van der Waals surface area contributed by atoms with Crippen LogP contribution in [0.3, 0.4) is 0 Å². The van der Waals surface area contributed by atoms with Gasteiger partial charge in [0, 0.05) is 23.9 Å². The summed E-state index contributed by atoms with van der Waals surface area (Å²) >= 11 is 0. The van der Waals surface area contributed by atoms with Crippen LogP contribution in [0, 0.1) is 18.7 Å². The zero-order chi connectivity index (χ0) is 25.0. The molecule has 2 N–H and O–H groups in total. The van der Waals surface area contributed by atoms with Crippen molar-refractivity contribution in [3.63, 3.8) is 0 Å². The van der Waals surface area contributed by atoms with E-state index >= 15 is 0 Å². The van der Waals surface area contributed by atoms with Gasteiger partial charge in [0.2, 0.25) is 15.9 Å². The highest BCUT2D eigenvalue weighted by molar-refractivity contribution is 7.89. The summed E-state index contributed by atoms with van der Waals surface area (Å²) in [5.74, 6) is -0.528. The summed E-state index contributed by atoms with van der Waals surface area (Å²) in [6.07, 6.45) is 4.13. The van der Waals surface area contributed by atoms with Gasteiger partial charge in [-0.2, -0.15) is 0 Å². The Morgan fingerprint density at radius 1 is 0.971 bits per heavy atom. The third kappa shape index (κ3) is 6.32. The van der Waals surface area contributed by atoms with Gasteiger partial charge in [-0.15, -0.1) is 0 Å². The van der Waals surface area contributed by atoms with Gasteiger partial charge in [0.15, 0.2) is 0 Å². The number of sulfonamides is 1. The molecule has 0 bridgehead atoms. The second-order valence-corrected chi connectivity index (χ2v) is 10.9. The quantitative estimate of drug-likeness (QED) is 0.488. The zero-order valence-electron chi connectivity index (χ0n) is 19.9. The molecule has 1 aliphatic carbocycles. The normalized spacial score (nSPS) is 19.2. The van der Waals surface area contributed by atoms with E-state index in [-0.39, 0.29) is 34.6 Å². The van der Waals surface area contributed by atoms with Crippen LogP contribution in [0.5, 0.6) is 0 Å². The molecule has 1 aliphatic rings. The van der Waals surface area contributed by atoms with Gasteiger partial charge in [0.1, 0.15) is 5.82 Å². The van der Waals surface area contributed by atoms with Gasteiger partial charge in [-0.1, -0.05) is 24.3 Å². The van der Waals surface area contributed by atoms with Gasteiger partial charge in [-0.05, 0) is 92.6 Å². The third-order valence-corrected chi connectivity index (χ3v) is 8.08. The Morgan fingerprint density at radius 3 is 2.26 bits per heavy atom. The maximum absolute atomic E-state index is 13.1. The number of carbonyl (C=O) groups is 1. The monoisotopic (exact) mass is 495 g/mol. The molecule has 1 heterocycles. The van der Waals surface area contributed by atoms with Crippen LogP contribution in [-0.4, -0.2) is 25.4 Å². The van der Waals surface area contributed by atoms with Crippen molar-refractivity contribution in [2.75, 3.05) is 0 Å². The van der Waals surface area contributed by atoms with Crippen LogP contribution >= 0.6 is 0 Å². The number of aromatic nitrogens is 1. The molecule has 2 aromatic carbocycles. The van der Waals surface area contributed by atoms with Crippen LogP contribution in [0.25, 0.3) is 11.1 Å². The number of nitrogens with zero attached hydrogens (tertiary/aromatic N) is 1. The number of pyridine rings is 1. The minimum atomic E-state index is -3.66. The molecule has 0 unspecified atom stereocenters. The van der Waals surface area contributed by atoms with Gasteiger partial charge in [-0.3, -0.25) is 9.78 Å². The van der Waals surface area contributed by atoms with Crippen molar-refractivity contribution < 1.29 is 17.6 Å². The Bertz CT molecular complexity index is 1270. The number of amides is 1. The smallest absolute Gasteiger partial charge is 0.240 e. The molecule has 0 saturated heterocycles. The molecule has 1 amide bonds. The Morgan fingerprint density at radius 2 is 1.63 bits per heavy atom. The van der Waals surface area contributed by atoms with Gasteiger partial charge < -0.3 is 5.32 Å². The molecule has 1 atom stereocenters. The van der Waals surface area contributed by atoms with E-state index < -0.39 is 10.0 Å². The first-order valence-electron chi connectivity index (χ1n) is 11.8. The highest BCUT2D eigenvalue weighted by atomic mass is 32.2. The zero-order valence-corrected chi connectivity index (χ0v) is 20.7. The summed E-state index contributed by atoms with van der Waals surface area (Å²) in [5.41, 5.74) is 3.65. The van der Waals surface area contributed by atoms with Crippen molar-refractivity contribution in [1.82, 2.24) is 15.0 Å². The number of aryl methyl sites for hydroxylation is 1. The fourth-order valence-electron chi connectivity index (χ4n) is 4.48. The SMILES string of the molecule is Cc1cc(-c2ccc(S(=O)(=O)N[C@H]3CC[C@H](C(=O)N[C@H](C)c4ccc(F)cc4)CC3)cc2)ccn1. The first-order valence-corrected chi connectivity index (χ1v) is 13.3. The second kappa shape index (κ2) is 10.7. The number of nitrogens with one attached hydrogen (secondary N) is 2. The van der Waals surface area contributed by atoms with Crippen molar-refractivity contribution in [1.29, 1.82) is 0 Å². The van der Waals surface area contributed by atoms with Crippen LogP contribution in [0.2, 0.25) is 0 Å². The Labute approximate surface area is 206 Å². The van der Waals surface area contributed by atoms with Crippen LogP contribution < -0.4 is 10.0 Å². The molecule has 35 heavy (non-hydrogen) atoms. The highest BCUT2D eigenvalue weighted by Gasteiger charge is 2.29. The molecule has 1 saturated carbocycles. The number of benzene rings is 2. The number of rotatable bonds is 7. The van der Waals surface area contributed by atoms with Gasteiger partial charge in [0.05, 0.1) is 10.9 Å². The lowest BCUT2D eigenvalue weighted by molar-refractivity contribution is -0.126. The molecule has 4 rings (SSSR count). The van der Waals surface area contributed by atoms with Crippen LogP contribution in [0.15, 0.2) is 71.8 Å². The largest absolute Gasteiger partial charge is 0.349 e. The van der Waals surface area contributed by atoms with E-state index in [1.165, 1.54) is 12.1 Å². The molecular weight excluding hydrogens is 465 g/mol. The number of hydrogen-bond acceptors (Lipinski definition) is 4. The first kappa shape index (κ1) is 25.0. The molecule has 0 spiro atoms. The lowest BCUT2D eigenvalue weighted by Crippen LogP contribution is -2.41. The van der Waals surface area contributed by atoms with Crippen LogP contribution in [0.4, 0.5) is 4.39 Å². The number of hydrogen-bond donors (Lipinski definition) is 2. The summed E-state index contributed by atoms with van der Waals surface area (Å²) in [6.45, 7) is 3.78. The topological polar surface area (TPSA) is 88.2 Å². The van der Waals surface area contributed by atoms with E-state index in [9.17, 15) is 17.6 Å². The molecular formula is C27H30FN3O3S. The van der Waals surface area contributed by atoms with E-state index in [0.29, 0.717) is 25.7 Å². The molecule has 1 aromatic heterocycles. The summed E-state index contributed by atoms with van der Waals surface area (Å²) in [7, 11) is -3.66. The van der Waals surface area contributed by atoms with E-state index in [2.05, 4.69) is 15.0 Å². The standard InChI is InChI=1S/C27H30FN3O3S/c1-18-17-23(15-16-29-18)21-7-13-26(14-8-21)35(33,34)31-25-11-5-22(6-12-25)27(32)30-19(2)20-3-9-24(28)10-4-20/h3-4,7-10,13-17,19,22,25,31H,5-6,11-12H2,1-2H3,(H,30,32)/t19-,22-,25-/m1/s1. The fourth-order valence-corrected chi connectivity index (χ4v) is 5.78. The van der Waals surface area contributed by atoms with E-state index in [1.54, 1.807) is 42.6 Å². The summed E-state index contributed by atoms with van der Waals surface area (Å²) in [4.78, 5) is 17.1. The van der Waals surface area contributed by atoms with Crippen molar-refractivity contribution in [3.05, 3.63) is 83.9 Å². The minimum Gasteiger partial charge on any atom is -0.349 e. The summed E-state index contributed by atoms with van der Waals surface area (Å²) in [5, 5.41) is 2.99. The summed E-state index contributed by atoms with van der Waals surface area (Å²) in [6, 6.07) is 16.3. The Balaban J connectivity index is 1.30. The third-order valence-electron chi connectivity index (χ3n) is 6.54. The van der Waals surface area contributed by atoms with Crippen LogP contribution in [-0.2, 0) is 14.8 Å². The first-order chi connectivity index (χ1) is 16.7. The molecule has 6 nitrogen and oxygen atoms in total. The van der Waals surface area contributed by atoms with Crippen molar-refractivity contribution in [2.45, 2.75) is 56.5 Å².